The topological polar surface area (TPSA) is 26.3 Å². The van der Waals surface area contributed by atoms with Crippen molar-refractivity contribution < 1.29 is 9.53 Å². The Hall–Kier alpha value is -1.39. The molecule has 1 aromatic carbocycles. The molecule has 4 heteroatoms. The standard InChI is InChI=1S/C17H17BrO2S/c1-2-3-11-20-14-7-4-13(5-8-14)6-9-16(19)17-15(18)10-12-21-17/h4-10,12H,2-3,11H2,1H3/b9-6+. The fourth-order valence-electron chi connectivity index (χ4n) is 1.73. The van der Waals surface area contributed by atoms with E-state index in [1.807, 2.05) is 41.8 Å². The van der Waals surface area contributed by atoms with Gasteiger partial charge in [-0.3, -0.25) is 4.79 Å². The summed E-state index contributed by atoms with van der Waals surface area (Å²) in [7, 11) is 0. The van der Waals surface area contributed by atoms with Crippen molar-refractivity contribution in [2.24, 2.45) is 0 Å². The average molecular weight is 365 g/mol. The zero-order valence-corrected chi connectivity index (χ0v) is 14.2. The maximum absolute atomic E-state index is 12.0. The average Bonchev–Trinajstić information content (AvgIpc) is 2.92. The number of ether oxygens (including phenoxy) is 1. The van der Waals surface area contributed by atoms with Crippen LogP contribution < -0.4 is 4.74 Å². The largest absolute Gasteiger partial charge is 0.494 e. The summed E-state index contributed by atoms with van der Waals surface area (Å²) in [6.07, 6.45) is 5.61. The highest BCUT2D eigenvalue weighted by atomic mass is 79.9. The van der Waals surface area contributed by atoms with Crippen LogP contribution in [0.2, 0.25) is 0 Å². The van der Waals surface area contributed by atoms with Crippen LogP contribution >= 0.6 is 27.3 Å². The van der Waals surface area contributed by atoms with Crippen LogP contribution in [0.3, 0.4) is 0 Å². The fraction of sp³-hybridized carbons (Fsp3) is 0.235. The third-order valence-corrected chi connectivity index (χ3v) is 4.77. The Morgan fingerprint density at radius 3 is 2.67 bits per heavy atom. The van der Waals surface area contributed by atoms with E-state index in [0.29, 0.717) is 0 Å². The van der Waals surface area contributed by atoms with Crippen molar-refractivity contribution in [1.82, 2.24) is 0 Å². The molecule has 0 bridgehead atoms. The van der Waals surface area contributed by atoms with E-state index in [0.717, 1.165) is 40.1 Å². The Balaban J connectivity index is 1.95. The molecular formula is C17H17BrO2S. The van der Waals surface area contributed by atoms with Crippen LogP contribution in [0.1, 0.15) is 35.0 Å². The summed E-state index contributed by atoms with van der Waals surface area (Å²) in [4.78, 5) is 12.7. The van der Waals surface area contributed by atoms with Gasteiger partial charge < -0.3 is 4.74 Å². The lowest BCUT2D eigenvalue weighted by atomic mass is 10.2. The van der Waals surface area contributed by atoms with E-state index in [9.17, 15) is 4.79 Å². The second-order valence-electron chi connectivity index (χ2n) is 4.57. The minimum Gasteiger partial charge on any atom is -0.494 e. The summed E-state index contributed by atoms with van der Waals surface area (Å²) >= 11 is 4.81. The number of thiophene rings is 1. The van der Waals surface area contributed by atoms with Gasteiger partial charge in [-0.15, -0.1) is 11.3 Å². The van der Waals surface area contributed by atoms with E-state index in [4.69, 9.17) is 4.74 Å². The van der Waals surface area contributed by atoms with Gasteiger partial charge >= 0.3 is 0 Å². The first-order valence-electron chi connectivity index (χ1n) is 6.89. The quantitative estimate of drug-likeness (QED) is 0.363. The molecule has 2 nitrogen and oxygen atoms in total. The Bertz CT molecular complexity index is 614. The van der Waals surface area contributed by atoms with E-state index in [-0.39, 0.29) is 5.78 Å². The summed E-state index contributed by atoms with van der Waals surface area (Å²) in [6, 6.07) is 9.65. The number of allylic oxidation sites excluding steroid dienone is 1. The molecule has 110 valence electrons. The van der Waals surface area contributed by atoms with Gasteiger partial charge in [0.2, 0.25) is 0 Å². The van der Waals surface area contributed by atoms with E-state index < -0.39 is 0 Å². The minimum atomic E-state index is 0.0140. The minimum absolute atomic E-state index is 0.0140. The lowest BCUT2D eigenvalue weighted by Crippen LogP contribution is -1.96. The van der Waals surface area contributed by atoms with Crippen LogP contribution in [0.15, 0.2) is 46.3 Å². The Kier molecular flexibility index (Phi) is 6.21. The van der Waals surface area contributed by atoms with Crippen LogP contribution in [-0.4, -0.2) is 12.4 Å². The number of unbranched alkanes of at least 4 members (excludes halogenated alkanes) is 1. The Morgan fingerprint density at radius 1 is 1.29 bits per heavy atom. The zero-order chi connectivity index (χ0) is 15.1. The van der Waals surface area contributed by atoms with Crippen molar-refractivity contribution >= 4 is 39.1 Å². The lowest BCUT2D eigenvalue weighted by Gasteiger charge is -2.04. The van der Waals surface area contributed by atoms with Gasteiger partial charge in [-0.2, -0.15) is 0 Å². The van der Waals surface area contributed by atoms with Crippen molar-refractivity contribution in [3.8, 4) is 5.75 Å². The maximum atomic E-state index is 12.0. The number of carbonyl (C=O) groups is 1. The SMILES string of the molecule is CCCCOc1ccc(/C=C/C(=O)c2sccc2Br)cc1. The highest BCUT2D eigenvalue weighted by molar-refractivity contribution is 9.10. The first-order chi connectivity index (χ1) is 10.2. The smallest absolute Gasteiger partial charge is 0.196 e. The van der Waals surface area contributed by atoms with Gasteiger partial charge in [0.25, 0.3) is 0 Å². The van der Waals surface area contributed by atoms with Gasteiger partial charge in [-0.05, 0) is 57.6 Å². The van der Waals surface area contributed by atoms with E-state index in [1.54, 1.807) is 6.08 Å². The van der Waals surface area contributed by atoms with Gasteiger partial charge in [-0.1, -0.05) is 31.6 Å². The number of benzene rings is 1. The first kappa shape index (κ1) is 16.0. The second-order valence-corrected chi connectivity index (χ2v) is 6.34. The molecule has 0 saturated carbocycles. The third-order valence-electron chi connectivity index (χ3n) is 2.91. The van der Waals surface area contributed by atoms with E-state index in [2.05, 4.69) is 22.9 Å². The van der Waals surface area contributed by atoms with Gasteiger partial charge in [0.05, 0.1) is 11.5 Å². The van der Waals surface area contributed by atoms with Crippen LogP contribution in [-0.2, 0) is 0 Å². The number of ketones is 1. The molecule has 21 heavy (non-hydrogen) atoms. The Morgan fingerprint density at radius 2 is 2.05 bits per heavy atom. The second kappa shape index (κ2) is 8.15. The van der Waals surface area contributed by atoms with Crippen molar-refractivity contribution in [3.63, 3.8) is 0 Å². The third kappa shape index (κ3) is 4.83. The molecule has 0 aliphatic heterocycles. The highest BCUT2D eigenvalue weighted by Gasteiger charge is 2.07. The molecule has 0 radical (unpaired) electrons. The zero-order valence-electron chi connectivity index (χ0n) is 11.8. The first-order valence-corrected chi connectivity index (χ1v) is 8.56. The molecule has 0 fully saturated rings. The molecule has 0 aliphatic rings. The molecule has 0 unspecified atom stereocenters. The number of rotatable bonds is 7. The molecule has 2 aromatic rings. The van der Waals surface area contributed by atoms with Gasteiger partial charge in [-0.25, -0.2) is 0 Å². The van der Waals surface area contributed by atoms with E-state index >= 15 is 0 Å². The highest BCUT2D eigenvalue weighted by Crippen LogP contribution is 2.23. The molecule has 0 spiro atoms. The van der Waals surface area contributed by atoms with Crippen molar-refractivity contribution in [3.05, 3.63) is 56.7 Å². The normalized spacial score (nSPS) is 11.0. The summed E-state index contributed by atoms with van der Waals surface area (Å²) in [5.74, 6) is 0.882. The molecule has 1 aromatic heterocycles. The maximum Gasteiger partial charge on any atom is 0.196 e. The van der Waals surface area contributed by atoms with Gasteiger partial charge in [0.15, 0.2) is 5.78 Å². The summed E-state index contributed by atoms with van der Waals surface area (Å²) in [6.45, 7) is 2.89. The molecule has 0 atom stereocenters. The predicted octanol–water partition coefficient (Wildman–Crippen LogP) is 5.59. The summed E-state index contributed by atoms with van der Waals surface area (Å²) < 4.78 is 6.45. The molecule has 0 saturated heterocycles. The predicted molar refractivity (Wildman–Crippen MR) is 92.2 cm³/mol. The summed E-state index contributed by atoms with van der Waals surface area (Å²) in [5, 5.41) is 1.90. The van der Waals surface area contributed by atoms with Crippen molar-refractivity contribution in [1.29, 1.82) is 0 Å². The molecule has 0 N–H and O–H groups in total. The Labute approximate surface area is 137 Å². The van der Waals surface area contributed by atoms with E-state index in [1.165, 1.54) is 11.3 Å². The molecule has 1 heterocycles. The lowest BCUT2D eigenvalue weighted by molar-refractivity contribution is 0.105. The number of hydrogen-bond acceptors (Lipinski definition) is 3. The molecule has 0 aliphatic carbocycles. The molecular weight excluding hydrogens is 348 g/mol. The number of halogens is 1. The number of carbonyl (C=O) groups excluding carboxylic acids is 1. The van der Waals surface area contributed by atoms with Crippen LogP contribution in [0.5, 0.6) is 5.75 Å². The monoisotopic (exact) mass is 364 g/mol. The van der Waals surface area contributed by atoms with Crippen molar-refractivity contribution in [2.75, 3.05) is 6.61 Å². The van der Waals surface area contributed by atoms with Crippen LogP contribution in [0.4, 0.5) is 0 Å². The van der Waals surface area contributed by atoms with Crippen LogP contribution in [0.25, 0.3) is 6.08 Å². The molecule has 0 amide bonds. The molecule has 2 rings (SSSR count). The van der Waals surface area contributed by atoms with Crippen LogP contribution in [0, 0.1) is 0 Å². The fourth-order valence-corrected chi connectivity index (χ4v) is 3.21. The number of hydrogen-bond donors (Lipinski definition) is 0. The van der Waals surface area contributed by atoms with Crippen molar-refractivity contribution in [2.45, 2.75) is 19.8 Å². The summed E-state index contributed by atoms with van der Waals surface area (Å²) in [5.41, 5.74) is 0.985. The van der Waals surface area contributed by atoms with Gasteiger partial charge in [0.1, 0.15) is 5.75 Å². The van der Waals surface area contributed by atoms with Gasteiger partial charge in [0, 0.05) is 4.47 Å².